The number of carbonyl (C=O) groups excluding carboxylic acids is 3. The van der Waals surface area contributed by atoms with Crippen molar-refractivity contribution < 1.29 is 19.1 Å². The zero-order valence-electron chi connectivity index (χ0n) is 12.4. The van der Waals surface area contributed by atoms with Crippen LogP contribution in [0.3, 0.4) is 0 Å². The van der Waals surface area contributed by atoms with Gasteiger partial charge in [0, 0.05) is 12.3 Å². The highest BCUT2D eigenvalue weighted by atomic mass is 16.5. The SMILES string of the molecule is CCOC(=O)[C@@]1(CC(C)=O)CCC2CCCCC2C1=O. The molecule has 112 valence electrons. The number of esters is 1. The fraction of sp³-hybridized carbons (Fsp3) is 0.812. The van der Waals surface area contributed by atoms with Gasteiger partial charge in [-0.15, -0.1) is 0 Å². The third-order valence-corrected chi connectivity index (χ3v) is 4.88. The van der Waals surface area contributed by atoms with E-state index in [9.17, 15) is 14.4 Å². The topological polar surface area (TPSA) is 60.4 Å². The van der Waals surface area contributed by atoms with Crippen molar-refractivity contribution in [3.05, 3.63) is 0 Å². The number of rotatable bonds is 4. The van der Waals surface area contributed by atoms with Crippen LogP contribution in [0, 0.1) is 17.3 Å². The van der Waals surface area contributed by atoms with Crippen molar-refractivity contribution in [2.45, 2.75) is 58.8 Å². The van der Waals surface area contributed by atoms with Crippen molar-refractivity contribution in [1.29, 1.82) is 0 Å². The minimum atomic E-state index is -1.19. The first kappa shape index (κ1) is 15.2. The molecule has 2 unspecified atom stereocenters. The Bertz CT molecular complexity index is 415. The van der Waals surface area contributed by atoms with Crippen molar-refractivity contribution >= 4 is 17.5 Å². The fourth-order valence-electron chi connectivity index (χ4n) is 3.95. The lowest BCUT2D eigenvalue weighted by molar-refractivity contribution is -0.168. The monoisotopic (exact) mass is 280 g/mol. The molecule has 4 heteroatoms. The van der Waals surface area contributed by atoms with Crippen LogP contribution in [0.1, 0.15) is 58.8 Å². The van der Waals surface area contributed by atoms with Crippen molar-refractivity contribution in [1.82, 2.24) is 0 Å². The molecule has 2 aliphatic carbocycles. The summed E-state index contributed by atoms with van der Waals surface area (Å²) in [5, 5.41) is 0. The number of hydrogen-bond donors (Lipinski definition) is 0. The Morgan fingerprint density at radius 1 is 1.25 bits per heavy atom. The van der Waals surface area contributed by atoms with E-state index in [-0.39, 0.29) is 30.5 Å². The zero-order chi connectivity index (χ0) is 14.8. The van der Waals surface area contributed by atoms with Crippen LogP contribution < -0.4 is 0 Å². The lowest BCUT2D eigenvalue weighted by Crippen LogP contribution is -2.51. The molecule has 0 amide bonds. The van der Waals surface area contributed by atoms with Crippen LogP contribution in [0.2, 0.25) is 0 Å². The normalized spacial score (nSPS) is 33.4. The number of ketones is 2. The predicted molar refractivity (Wildman–Crippen MR) is 74.1 cm³/mol. The average Bonchev–Trinajstić information content (AvgIpc) is 2.42. The summed E-state index contributed by atoms with van der Waals surface area (Å²) < 4.78 is 5.12. The van der Waals surface area contributed by atoms with Gasteiger partial charge in [-0.05, 0) is 45.4 Å². The molecule has 2 aliphatic rings. The first-order chi connectivity index (χ1) is 9.51. The molecule has 4 nitrogen and oxygen atoms in total. The molecule has 0 heterocycles. The molecule has 0 saturated heterocycles. The summed E-state index contributed by atoms with van der Waals surface area (Å²) in [6.07, 6.45) is 5.51. The van der Waals surface area contributed by atoms with Crippen LogP contribution >= 0.6 is 0 Å². The van der Waals surface area contributed by atoms with Gasteiger partial charge >= 0.3 is 5.97 Å². The maximum atomic E-state index is 12.9. The smallest absolute Gasteiger partial charge is 0.320 e. The number of hydrogen-bond acceptors (Lipinski definition) is 4. The Morgan fingerprint density at radius 3 is 2.60 bits per heavy atom. The summed E-state index contributed by atoms with van der Waals surface area (Å²) in [5.74, 6) is -0.251. The third-order valence-electron chi connectivity index (χ3n) is 4.88. The van der Waals surface area contributed by atoms with E-state index < -0.39 is 11.4 Å². The van der Waals surface area contributed by atoms with E-state index in [1.165, 1.54) is 13.3 Å². The first-order valence-corrected chi connectivity index (χ1v) is 7.72. The van der Waals surface area contributed by atoms with Gasteiger partial charge in [0.1, 0.15) is 11.2 Å². The van der Waals surface area contributed by atoms with E-state index in [0.29, 0.717) is 12.3 Å². The molecule has 20 heavy (non-hydrogen) atoms. The highest BCUT2D eigenvalue weighted by Crippen LogP contribution is 2.48. The number of fused-ring (bicyclic) bond motifs is 1. The van der Waals surface area contributed by atoms with E-state index in [2.05, 4.69) is 0 Å². The Labute approximate surface area is 120 Å². The van der Waals surface area contributed by atoms with Crippen LogP contribution in [0.5, 0.6) is 0 Å². The van der Waals surface area contributed by atoms with E-state index >= 15 is 0 Å². The van der Waals surface area contributed by atoms with Crippen LogP contribution in [-0.2, 0) is 19.1 Å². The lowest BCUT2D eigenvalue weighted by Gasteiger charge is -2.43. The van der Waals surface area contributed by atoms with Gasteiger partial charge in [0.05, 0.1) is 6.61 Å². The van der Waals surface area contributed by atoms with Crippen molar-refractivity contribution in [2.75, 3.05) is 6.61 Å². The van der Waals surface area contributed by atoms with Gasteiger partial charge in [0.2, 0.25) is 0 Å². The molecule has 2 saturated carbocycles. The molecule has 0 aromatic carbocycles. The largest absolute Gasteiger partial charge is 0.465 e. The van der Waals surface area contributed by atoms with Crippen LogP contribution in [-0.4, -0.2) is 24.1 Å². The molecule has 0 radical (unpaired) electrons. The quantitative estimate of drug-likeness (QED) is 0.587. The predicted octanol–water partition coefficient (Wildman–Crippen LogP) is 2.68. The minimum Gasteiger partial charge on any atom is -0.465 e. The van der Waals surface area contributed by atoms with Gasteiger partial charge in [0.25, 0.3) is 0 Å². The molecule has 0 N–H and O–H groups in total. The maximum absolute atomic E-state index is 12.9. The summed E-state index contributed by atoms with van der Waals surface area (Å²) >= 11 is 0. The molecule has 0 aliphatic heterocycles. The highest BCUT2D eigenvalue weighted by molar-refractivity contribution is 6.08. The Kier molecular flexibility index (Phi) is 4.61. The molecule has 0 aromatic heterocycles. The highest BCUT2D eigenvalue weighted by Gasteiger charge is 2.54. The second kappa shape index (κ2) is 6.06. The summed E-state index contributed by atoms with van der Waals surface area (Å²) in [6, 6.07) is 0. The summed E-state index contributed by atoms with van der Waals surface area (Å²) in [4.78, 5) is 36.8. The Morgan fingerprint density at radius 2 is 1.95 bits per heavy atom. The van der Waals surface area contributed by atoms with Gasteiger partial charge in [-0.2, -0.15) is 0 Å². The average molecular weight is 280 g/mol. The lowest BCUT2D eigenvalue weighted by atomic mass is 9.59. The number of Topliss-reactive ketones (excluding diaryl/α,β-unsaturated/α-hetero) is 2. The molecule has 0 spiro atoms. The zero-order valence-corrected chi connectivity index (χ0v) is 12.4. The molecule has 0 aromatic rings. The van der Waals surface area contributed by atoms with Gasteiger partial charge in [-0.25, -0.2) is 0 Å². The van der Waals surface area contributed by atoms with E-state index in [1.54, 1.807) is 6.92 Å². The van der Waals surface area contributed by atoms with Crippen molar-refractivity contribution in [2.24, 2.45) is 17.3 Å². The second-order valence-corrected chi connectivity index (χ2v) is 6.24. The Hall–Kier alpha value is -1.19. The molecule has 2 rings (SSSR count). The van der Waals surface area contributed by atoms with Crippen LogP contribution in [0.4, 0.5) is 0 Å². The van der Waals surface area contributed by atoms with Gasteiger partial charge in [0.15, 0.2) is 5.78 Å². The summed E-state index contributed by atoms with van der Waals surface area (Å²) in [7, 11) is 0. The molecule has 3 atom stereocenters. The standard InChI is InChI=1S/C16H24O4/c1-3-20-15(19)16(10-11(2)17)9-8-12-6-4-5-7-13(12)14(16)18/h12-13H,3-10H2,1-2H3/t12?,13?,16-/m1/s1. The number of carbonyl (C=O) groups is 3. The molecule has 2 fully saturated rings. The van der Waals surface area contributed by atoms with E-state index in [4.69, 9.17) is 4.74 Å². The summed E-state index contributed by atoms with van der Waals surface area (Å²) in [6.45, 7) is 3.43. The van der Waals surface area contributed by atoms with Gasteiger partial charge in [-0.1, -0.05) is 12.8 Å². The minimum absolute atomic E-state index is 0.00782. The number of ether oxygens (including phenoxy) is 1. The summed E-state index contributed by atoms with van der Waals surface area (Å²) in [5.41, 5.74) is -1.19. The van der Waals surface area contributed by atoms with Gasteiger partial charge in [-0.3, -0.25) is 14.4 Å². The van der Waals surface area contributed by atoms with Crippen LogP contribution in [0.25, 0.3) is 0 Å². The maximum Gasteiger partial charge on any atom is 0.320 e. The van der Waals surface area contributed by atoms with Crippen LogP contribution in [0.15, 0.2) is 0 Å². The Balaban J connectivity index is 2.28. The fourth-order valence-corrected chi connectivity index (χ4v) is 3.95. The molecular formula is C16H24O4. The third kappa shape index (κ3) is 2.65. The van der Waals surface area contributed by atoms with Crippen molar-refractivity contribution in [3.8, 4) is 0 Å². The van der Waals surface area contributed by atoms with Crippen molar-refractivity contribution in [3.63, 3.8) is 0 Å². The van der Waals surface area contributed by atoms with E-state index in [1.807, 2.05) is 0 Å². The second-order valence-electron chi connectivity index (χ2n) is 6.24. The first-order valence-electron chi connectivity index (χ1n) is 7.72. The molecule has 0 bridgehead atoms. The van der Waals surface area contributed by atoms with Gasteiger partial charge < -0.3 is 4.74 Å². The molecular weight excluding hydrogens is 256 g/mol. The van der Waals surface area contributed by atoms with E-state index in [0.717, 1.165) is 25.7 Å².